The van der Waals surface area contributed by atoms with Crippen LogP contribution in [0.2, 0.25) is 5.02 Å². The smallest absolute Gasteiger partial charge is 0.274 e. The van der Waals surface area contributed by atoms with E-state index in [1.807, 2.05) is 45.0 Å². The number of anilines is 2. The van der Waals surface area contributed by atoms with Crippen LogP contribution in [0.1, 0.15) is 32.9 Å². The lowest BCUT2D eigenvalue weighted by Gasteiger charge is -2.11. The van der Waals surface area contributed by atoms with Crippen molar-refractivity contribution in [3.63, 3.8) is 0 Å². The van der Waals surface area contributed by atoms with Gasteiger partial charge >= 0.3 is 0 Å². The molecule has 0 saturated carbocycles. The zero-order chi connectivity index (χ0) is 19.4. The second-order valence-corrected chi connectivity index (χ2v) is 6.91. The molecule has 0 aliphatic rings. The SMILES string of the molecule is Cc1cccc(CNc2nc(C)cc(C(=O)Nc3cc(Cl)ccc3C)n2)c1. The van der Waals surface area contributed by atoms with E-state index in [1.54, 1.807) is 18.2 Å². The van der Waals surface area contributed by atoms with Crippen molar-refractivity contribution < 1.29 is 4.79 Å². The van der Waals surface area contributed by atoms with Crippen molar-refractivity contribution in [2.45, 2.75) is 27.3 Å². The van der Waals surface area contributed by atoms with Gasteiger partial charge in [-0.15, -0.1) is 0 Å². The monoisotopic (exact) mass is 380 g/mol. The van der Waals surface area contributed by atoms with Crippen molar-refractivity contribution in [3.05, 3.63) is 81.6 Å². The molecule has 1 aromatic heterocycles. The Kier molecular flexibility index (Phi) is 5.72. The van der Waals surface area contributed by atoms with Crippen LogP contribution in [0.25, 0.3) is 0 Å². The molecule has 0 saturated heterocycles. The fraction of sp³-hybridized carbons (Fsp3) is 0.190. The van der Waals surface area contributed by atoms with Crippen molar-refractivity contribution in [2.24, 2.45) is 0 Å². The maximum Gasteiger partial charge on any atom is 0.274 e. The highest BCUT2D eigenvalue weighted by molar-refractivity contribution is 6.31. The average molecular weight is 381 g/mol. The molecular formula is C21H21ClN4O. The predicted octanol–water partition coefficient (Wildman–Crippen LogP) is 4.92. The Morgan fingerprint density at radius 3 is 2.63 bits per heavy atom. The van der Waals surface area contributed by atoms with Gasteiger partial charge < -0.3 is 10.6 Å². The molecule has 1 heterocycles. The van der Waals surface area contributed by atoms with E-state index in [0.717, 1.165) is 11.1 Å². The fourth-order valence-electron chi connectivity index (χ4n) is 2.68. The third kappa shape index (κ3) is 5.05. The Hall–Kier alpha value is -2.92. The maximum absolute atomic E-state index is 12.6. The first-order valence-corrected chi connectivity index (χ1v) is 9.01. The molecule has 138 valence electrons. The summed E-state index contributed by atoms with van der Waals surface area (Å²) in [7, 11) is 0. The number of halogens is 1. The number of hydrogen-bond acceptors (Lipinski definition) is 4. The summed E-state index contributed by atoms with van der Waals surface area (Å²) >= 11 is 6.02. The van der Waals surface area contributed by atoms with Gasteiger partial charge in [0, 0.05) is 22.9 Å². The quantitative estimate of drug-likeness (QED) is 0.659. The molecule has 0 aliphatic heterocycles. The van der Waals surface area contributed by atoms with Gasteiger partial charge in [0.1, 0.15) is 5.69 Å². The molecule has 5 nitrogen and oxygen atoms in total. The van der Waals surface area contributed by atoms with Crippen molar-refractivity contribution in [1.82, 2.24) is 9.97 Å². The van der Waals surface area contributed by atoms with Crippen LogP contribution in [0.3, 0.4) is 0 Å². The van der Waals surface area contributed by atoms with Crippen LogP contribution < -0.4 is 10.6 Å². The van der Waals surface area contributed by atoms with E-state index in [2.05, 4.69) is 26.7 Å². The van der Waals surface area contributed by atoms with Crippen molar-refractivity contribution in [1.29, 1.82) is 0 Å². The van der Waals surface area contributed by atoms with Gasteiger partial charge in [-0.05, 0) is 50.1 Å². The van der Waals surface area contributed by atoms with Crippen LogP contribution in [0.5, 0.6) is 0 Å². The van der Waals surface area contributed by atoms with Gasteiger partial charge in [-0.2, -0.15) is 0 Å². The summed E-state index contributed by atoms with van der Waals surface area (Å²) in [5, 5.41) is 6.61. The molecule has 2 N–H and O–H groups in total. The first kappa shape index (κ1) is 18.9. The van der Waals surface area contributed by atoms with Crippen LogP contribution in [0, 0.1) is 20.8 Å². The van der Waals surface area contributed by atoms with Crippen LogP contribution in [-0.2, 0) is 6.54 Å². The normalized spacial score (nSPS) is 10.5. The van der Waals surface area contributed by atoms with Gasteiger partial charge in [0.15, 0.2) is 0 Å². The number of amides is 1. The number of nitrogens with zero attached hydrogens (tertiary/aromatic N) is 2. The number of nitrogens with one attached hydrogen (secondary N) is 2. The molecule has 0 fully saturated rings. The Morgan fingerprint density at radius 1 is 1.04 bits per heavy atom. The Balaban J connectivity index is 1.76. The summed E-state index contributed by atoms with van der Waals surface area (Å²) in [6.07, 6.45) is 0. The molecule has 6 heteroatoms. The largest absolute Gasteiger partial charge is 0.350 e. The maximum atomic E-state index is 12.6. The minimum Gasteiger partial charge on any atom is -0.350 e. The fourth-order valence-corrected chi connectivity index (χ4v) is 2.85. The number of aromatic nitrogens is 2. The number of hydrogen-bond donors (Lipinski definition) is 2. The van der Waals surface area contributed by atoms with Crippen molar-refractivity contribution in [3.8, 4) is 0 Å². The van der Waals surface area contributed by atoms with Gasteiger partial charge in [-0.3, -0.25) is 4.79 Å². The number of carbonyl (C=O) groups excluding carboxylic acids is 1. The number of carbonyl (C=O) groups is 1. The molecule has 1 amide bonds. The van der Waals surface area contributed by atoms with E-state index < -0.39 is 0 Å². The number of aryl methyl sites for hydroxylation is 3. The lowest BCUT2D eigenvalue weighted by molar-refractivity contribution is 0.102. The number of benzene rings is 2. The summed E-state index contributed by atoms with van der Waals surface area (Å²) in [5.41, 5.74) is 4.92. The van der Waals surface area contributed by atoms with Gasteiger partial charge in [0.2, 0.25) is 5.95 Å². The van der Waals surface area contributed by atoms with E-state index in [4.69, 9.17) is 11.6 Å². The van der Waals surface area contributed by atoms with Gasteiger partial charge in [-0.1, -0.05) is 47.5 Å². The van der Waals surface area contributed by atoms with Gasteiger partial charge in [-0.25, -0.2) is 9.97 Å². The minimum absolute atomic E-state index is 0.300. The third-order valence-electron chi connectivity index (χ3n) is 4.07. The summed E-state index contributed by atoms with van der Waals surface area (Å²) in [6.45, 7) is 6.37. The second-order valence-electron chi connectivity index (χ2n) is 6.47. The molecule has 3 rings (SSSR count). The lowest BCUT2D eigenvalue weighted by atomic mass is 10.1. The standard InChI is InChI=1S/C21H21ClN4O/c1-13-5-4-6-16(9-13)12-23-21-24-15(3)10-19(26-21)20(27)25-18-11-17(22)8-7-14(18)2/h4-11H,12H2,1-3H3,(H,25,27)(H,23,24,26). The highest BCUT2D eigenvalue weighted by Crippen LogP contribution is 2.21. The van der Waals surface area contributed by atoms with E-state index in [-0.39, 0.29) is 5.91 Å². The second kappa shape index (κ2) is 8.18. The first-order chi connectivity index (χ1) is 12.9. The molecule has 2 aromatic carbocycles. The Labute approximate surface area is 163 Å². The zero-order valence-corrected chi connectivity index (χ0v) is 16.3. The highest BCUT2D eigenvalue weighted by atomic mass is 35.5. The molecule has 0 atom stereocenters. The van der Waals surface area contributed by atoms with E-state index in [9.17, 15) is 4.79 Å². The summed E-state index contributed by atoms with van der Waals surface area (Å²) in [6, 6.07) is 15.2. The molecule has 3 aromatic rings. The van der Waals surface area contributed by atoms with Crippen LogP contribution in [0.4, 0.5) is 11.6 Å². The van der Waals surface area contributed by atoms with Gasteiger partial charge in [0.25, 0.3) is 5.91 Å². The Morgan fingerprint density at radius 2 is 1.85 bits per heavy atom. The third-order valence-corrected chi connectivity index (χ3v) is 4.30. The average Bonchev–Trinajstić information content (AvgIpc) is 2.62. The summed E-state index contributed by atoms with van der Waals surface area (Å²) < 4.78 is 0. The van der Waals surface area contributed by atoms with Gasteiger partial charge in [0.05, 0.1) is 0 Å². The predicted molar refractivity (Wildman–Crippen MR) is 109 cm³/mol. The Bertz CT molecular complexity index is 988. The molecule has 0 radical (unpaired) electrons. The minimum atomic E-state index is -0.301. The molecule has 0 unspecified atom stereocenters. The van der Waals surface area contributed by atoms with Crippen LogP contribution in [-0.4, -0.2) is 15.9 Å². The topological polar surface area (TPSA) is 66.9 Å². The molecule has 0 bridgehead atoms. The molecule has 0 spiro atoms. The summed E-state index contributed by atoms with van der Waals surface area (Å²) in [5.74, 6) is 0.119. The van der Waals surface area contributed by atoms with E-state index >= 15 is 0 Å². The zero-order valence-electron chi connectivity index (χ0n) is 15.5. The highest BCUT2D eigenvalue weighted by Gasteiger charge is 2.12. The first-order valence-electron chi connectivity index (χ1n) is 8.63. The summed E-state index contributed by atoms with van der Waals surface area (Å²) in [4.78, 5) is 21.3. The van der Waals surface area contributed by atoms with E-state index in [1.165, 1.54) is 5.56 Å². The van der Waals surface area contributed by atoms with Crippen LogP contribution >= 0.6 is 11.6 Å². The van der Waals surface area contributed by atoms with Crippen molar-refractivity contribution in [2.75, 3.05) is 10.6 Å². The lowest BCUT2D eigenvalue weighted by Crippen LogP contribution is -2.16. The van der Waals surface area contributed by atoms with E-state index in [0.29, 0.717) is 34.6 Å². The number of rotatable bonds is 5. The van der Waals surface area contributed by atoms with Crippen molar-refractivity contribution >= 4 is 29.1 Å². The molecule has 0 aliphatic carbocycles. The molecular weight excluding hydrogens is 360 g/mol. The van der Waals surface area contributed by atoms with Crippen LogP contribution in [0.15, 0.2) is 48.5 Å². The molecule has 27 heavy (non-hydrogen) atoms.